The average molecular weight is 233 g/mol. The third kappa shape index (κ3) is 2.25. The Kier molecular flexibility index (Phi) is 2.78. The second kappa shape index (κ2) is 4.40. The molecule has 0 aliphatic carbocycles. The highest BCUT2D eigenvalue weighted by Gasteiger charge is 2.07. The summed E-state index contributed by atoms with van der Waals surface area (Å²) in [5.41, 5.74) is -1.02. The molecule has 0 unspecified atom stereocenters. The first-order valence-corrected chi connectivity index (χ1v) is 4.62. The van der Waals surface area contributed by atoms with E-state index in [0.29, 0.717) is 5.82 Å². The van der Waals surface area contributed by atoms with Crippen LogP contribution in [0.1, 0.15) is 5.82 Å². The quantitative estimate of drug-likeness (QED) is 0.660. The number of aromatic nitrogens is 6. The lowest BCUT2D eigenvalue weighted by atomic mass is 10.5. The third-order valence-electron chi connectivity index (χ3n) is 2.04. The van der Waals surface area contributed by atoms with E-state index in [0.717, 1.165) is 0 Å². The zero-order valence-electron chi connectivity index (χ0n) is 8.57. The van der Waals surface area contributed by atoms with E-state index in [1.165, 1.54) is 21.5 Å². The molecule has 0 radical (unpaired) electrons. The molecule has 9 nitrogen and oxygen atoms in total. The summed E-state index contributed by atoms with van der Waals surface area (Å²) in [6.07, 6.45) is 1.34. The molecule has 17 heavy (non-hydrogen) atoms. The summed E-state index contributed by atoms with van der Waals surface area (Å²) >= 11 is 0. The van der Waals surface area contributed by atoms with Gasteiger partial charge in [-0.25, -0.2) is 9.48 Å². The summed E-state index contributed by atoms with van der Waals surface area (Å²) in [6, 6.07) is 3.12. The van der Waals surface area contributed by atoms with Crippen LogP contribution in [0.2, 0.25) is 0 Å². The predicted molar refractivity (Wildman–Crippen MR) is 53.9 cm³/mol. The van der Waals surface area contributed by atoms with Gasteiger partial charge < -0.3 is 0 Å². The minimum absolute atomic E-state index is 0.000434. The summed E-state index contributed by atoms with van der Waals surface area (Å²) in [5, 5.41) is 19.2. The monoisotopic (exact) mass is 233 g/mol. The lowest BCUT2D eigenvalue weighted by molar-refractivity contribution is 0.598. The first-order chi connectivity index (χ1) is 8.20. The highest BCUT2D eigenvalue weighted by Crippen LogP contribution is 1.93. The van der Waals surface area contributed by atoms with E-state index in [2.05, 4.69) is 20.5 Å². The van der Waals surface area contributed by atoms with Gasteiger partial charge in [-0.2, -0.15) is 5.26 Å². The Morgan fingerprint density at radius 1 is 1.47 bits per heavy atom. The lowest BCUT2D eigenvalue weighted by Crippen LogP contribution is -2.29. The van der Waals surface area contributed by atoms with Crippen LogP contribution in [0.25, 0.3) is 0 Å². The van der Waals surface area contributed by atoms with Gasteiger partial charge >= 0.3 is 5.69 Å². The molecule has 2 rings (SSSR count). The molecule has 2 heterocycles. The van der Waals surface area contributed by atoms with Gasteiger partial charge in [0.2, 0.25) is 0 Å². The standard InChI is InChI=1S/C8H7N7O2/c9-2-4-15-6(11-12-13-15)5-14-3-1-7(16)10-8(14)17/h1,3H,4-5H2,(H,10,16,17). The molecule has 0 amide bonds. The smallest absolute Gasteiger partial charge is 0.293 e. The molecule has 0 aromatic carbocycles. The molecular formula is C8H7N7O2. The first kappa shape index (κ1) is 10.7. The summed E-state index contributed by atoms with van der Waals surface area (Å²) in [6.45, 7) is 0.0880. The number of hydrogen-bond acceptors (Lipinski definition) is 6. The Morgan fingerprint density at radius 3 is 3.00 bits per heavy atom. The van der Waals surface area contributed by atoms with Gasteiger partial charge in [0.1, 0.15) is 6.54 Å². The molecule has 0 saturated carbocycles. The molecule has 9 heteroatoms. The van der Waals surface area contributed by atoms with Crippen molar-refractivity contribution in [3.05, 3.63) is 38.9 Å². The SMILES string of the molecule is N#CCn1nnnc1Cn1ccc(=O)[nH]c1=O. The minimum Gasteiger partial charge on any atom is -0.293 e. The molecule has 2 aromatic rings. The van der Waals surface area contributed by atoms with Crippen LogP contribution in [-0.2, 0) is 13.1 Å². The maximum absolute atomic E-state index is 11.4. The molecule has 1 N–H and O–H groups in total. The van der Waals surface area contributed by atoms with E-state index in [-0.39, 0.29) is 13.1 Å². The van der Waals surface area contributed by atoms with Crippen molar-refractivity contribution in [2.45, 2.75) is 13.1 Å². The number of tetrazole rings is 1. The number of nitriles is 1. The van der Waals surface area contributed by atoms with Crippen LogP contribution in [0.3, 0.4) is 0 Å². The molecule has 0 spiro atoms. The highest BCUT2D eigenvalue weighted by molar-refractivity contribution is 4.90. The van der Waals surface area contributed by atoms with Crippen LogP contribution >= 0.6 is 0 Å². The molecule has 0 saturated heterocycles. The van der Waals surface area contributed by atoms with Gasteiger partial charge in [0, 0.05) is 12.3 Å². The molecule has 0 fully saturated rings. The summed E-state index contributed by atoms with van der Waals surface area (Å²) in [5.74, 6) is 0.362. The van der Waals surface area contributed by atoms with Crippen molar-refractivity contribution in [3.8, 4) is 6.07 Å². The Labute approximate surface area is 93.9 Å². The maximum atomic E-state index is 11.4. The topological polar surface area (TPSA) is 122 Å². The molecule has 0 atom stereocenters. The van der Waals surface area contributed by atoms with Crippen LogP contribution in [0.5, 0.6) is 0 Å². The fraction of sp³-hybridized carbons (Fsp3) is 0.250. The van der Waals surface area contributed by atoms with Crippen molar-refractivity contribution in [2.24, 2.45) is 0 Å². The van der Waals surface area contributed by atoms with Crippen molar-refractivity contribution in [1.82, 2.24) is 29.8 Å². The molecule has 0 bridgehead atoms. The number of H-pyrrole nitrogens is 1. The van der Waals surface area contributed by atoms with Gasteiger partial charge in [-0.15, -0.1) is 5.10 Å². The first-order valence-electron chi connectivity index (χ1n) is 4.62. The van der Waals surface area contributed by atoms with E-state index in [4.69, 9.17) is 5.26 Å². The van der Waals surface area contributed by atoms with Crippen LogP contribution < -0.4 is 11.2 Å². The van der Waals surface area contributed by atoms with E-state index < -0.39 is 11.2 Å². The van der Waals surface area contributed by atoms with Gasteiger partial charge in [0.25, 0.3) is 5.56 Å². The number of nitrogens with one attached hydrogen (secondary N) is 1. The normalized spacial score (nSPS) is 10.1. The van der Waals surface area contributed by atoms with Crippen LogP contribution in [0, 0.1) is 11.3 Å². The predicted octanol–water partition coefficient (Wildman–Crippen LogP) is -1.91. The number of aromatic amines is 1. The van der Waals surface area contributed by atoms with Crippen LogP contribution in [0.15, 0.2) is 21.9 Å². The third-order valence-corrected chi connectivity index (χ3v) is 2.04. The van der Waals surface area contributed by atoms with Crippen LogP contribution in [-0.4, -0.2) is 29.8 Å². The van der Waals surface area contributed by atoms with Crippen molar-refractivity contribution >= 4 is 0 Å². The minimum atomic E-state index is -0.552. The zero-order valence-corrected chi connectivity index (χ0v) is 8.57. The molecule has 0 aliphatic heterocycles. The van der Waals surface area contributed by atoms with Crippen molar-refractivity contribution in [3.63, 3.8) is 0 Å². The summed E-state index contributed by atoms with van der Waals surface area (Å²) in [7, 11) is 0. The lowest BCUT2D eigenvalue weighted by Gasteiger charge is -2.02. The number of rotatable bonds is 3. The van der Waals surface area contributed by atoms with Gasteiger partial charge in [0.05, 0.1) is 12.6 Å². The second-order valence-corrected chi connectivity index (χ2v) is 3.15. The number of hydrogen-bond donors (Lipinski definition) is 1. The summed E-state index contributed by atoms with van der Waals surface area (Å²) in [4.78, 5) is 24.4. The van der Waals surface area contributed by atoms with Gasteiger partial charge in [-0.05, 0) is 10.4 Å². The van der Waals surface area contributed by atoms with E-state index >= 15 is 0 Å². The number of nitrogens with zero attached hydrogens (tertiary/aromatic N) is 6. The summed E-state index contributed by atoms with van der Waals surface area (Å²) < 4.78 is 2.51. The Bertz CT molecular complexity index is 674. The molecule has 2 aromatic heterocycles. The van der Waals surface area contributed by atoms with E-state index in [1.54, 1.807) is 0 Å². The van der Waals surface area contributed by atoms with Crippen LogP contribution in [0.4, 0.5) is 0 Å². The van der Waals surface area contributed by atoms with Crippen molar-refractivity contribution in [1.29, 1.82) is 5.26 Å². The Morgan fingerprint density at radius 2 is 2.29 bits per heavy atom. The highest BCUT2D eigenvalue weighted by atomic mass is 16.2. The fourth-order valence-electron chi connectivity index (χ4n) is 1.25. The largest absolute Gasteiger partial charge is 0.328 e. The molecule has 0 aliphatic rings. The van der Waals surface area contributed by atoms with Crippen molar-refractivity contribution in [2.75, 3.05) is 0 Å². The Hall–Kier alpha value is -2.76. The fourth-order valence-corrected chi connectivity index (χ4v) is 1.25. The van der Waals surface area contributed by atoms with E-state index in [1.807, 2.05) is 6.07 Å². The second-order valence-electron chi connectivity index (χ2n) is 3.15. The van der Waals surface area contributed by atoms with Crippen molar-refractivity contribution < 1.29 is 0 Å². The Balaban J connectivity index is 2.32. The zero-order chi connectivity index (χ0) is 12.3. The molecular weight excluding hydrogens is 226 g/mol. The van der Waals surface area contributed by atoms with Gasteiger partial charge in [-0.3, -0.25) is 14.3 Å². The van der Waals surface area contributed by atoms with Gasteiger partial charge in [-0.1, -0.05) is 0 Å². The molecule has 86 valence electrons. The maximum Gasteiger partial charge on any atom is 0.328 e. The van der Waals surface area contributed by atoms with Gasteiger partial charge in [0.15, 0.2) is 5.82 Å². The average Bonchev–Trinajstić information content (AvgIpc) is 2.71. The van der Waals surface area contributed by atoms with E-state index in [9.17, 15) is 9.59 Å².